The maximum Gasteiger partial charge on any atom is 0.0447 e. The smallest absolute Gasteiger partial charge is 0.0447 e. The lowest BCUT2D eigenvalue weighted by Gasteiger charge is -2.20. The molecule has 0 radical (unpaired) electrons. The highest BCUT2D eigenvalue weighted by atomic mass is 14.9. The van der Waals surface area contributed by atoms with Gasteiger partial charge < -0.3 is 11.1 Å². The second-order valence-corrected chi connectivity index (χ2v) is 5.61. The number of nitrogens with one attached hydrogen (secondary N) is 1. The van der Waals surface area contributed by atoms with Crippen molar-refractivity contribution in [3.8, 4) is 0 Å². The molecule has 0 heterocycles. The quantitative estimate of drug-likeness (QED) is 0.768. The van der Waals surface area contributed by atoms with Crippen LogP contribution in [-0.2, 0) is 0 Å². The first-order valence-corrected chi connectivity index (χ1v) is 7.39. The maximum absolute atomic E-state index is 5.93. The second kappa shape index (κ2) is 6.88. The Labute approximate surface area is 117 Å². The van der Waals surface area contributed by atoms with Crippen molar-refractivity contribution in [1.82, 2.24) is 5.32 Å². The van der Waals surface area contributed by atoms with E-state index in [2.05, 4.69) is 43.4 Å². The van der Waals surface area contributed by atoms with Gasteiger partial charge >= 0.3 is 0 Å². The average Bonchev–Trinajstić information content (AvgIpc) is 2.89. The van der Waals surface area contributed by atoms with E-state index in [4.69, 9.17) is 5.73 Å². The number of hydrogen-bond donors (Lipinski definition) is 2. The van der Waals surface area contributed by atoms with Crippen LogP contribution in [0.4, 0.5) is 0 Å². The molecule has 0 aromatic heterocycles. The minimum absolute atomic E-state index is 0.280. The summed E-state index contributed by atoms with van der Waals surface area (Å²) in [6.07, 6.45) is 7.47. The molecule has 2 nitrogen and oxygen atoms in total. The number of rotatable bonds is 6. The largest absolute Gasteiger partial charge is 0.329 e. The molecule has 19 heavy (non-hydrogen) atoms. The Balaban J connectivity index is 1.91. The summed E-state index contributed by atoms with van der Waals surface area (Å²) < 4.78 is 0. The predicted molar refractivity (Wildman–Crippen MR) is 82.3 cm³/mol. The Morgan fingerprint density at radius 1 is 1.32 bits per heavy atom. The highest BCUT2D eigenvalue weighted by Gasteiger charge is 2.12. The van der Waals surface area contributed by atoms with Crippen molar-refractivity contribution in [2.75, 3.05) is 13.1 Å². The van der Waals surface area contributed by atoms with Crippen molar-refractivity contribution >= 4 is 0 Å². The van der Waals surface area contributed by atoms with E-state index in [-0.39, 0.29) is 6.04 Å². The van der Waals surface area contributed by atoms with Crippen LogP contribution in [0.15, 0.2) is 29.8 Å². The van der Waals surface area contributed by atoms with Crippen LogP contribution in [0.5, 0.6) is 0 Å². The molecule has 104 valence electrons. The molecule has 0 aliphatic heterocycles. The SMILES string of the molecule is Cc1ccc(C(CN)NCCC2=CCCC2)c(C)c1. The third kappa shape index (κ3) is 3.92. The van der Waals surface area contributed by atoms with Crippen molar-refractivity contribution in [3.63, 3.8) is 0 Å². The van der Waals surface area contributed by atoms with Gasteiger partial charge in [0.25, 0.3) is 0 Å². The van der Waals surface area contributed by atoms with E-state index in [0.717, 1.165) is 6.54 Å². The van der Waals surface area contributed by atoms with Crippen LogP contribution < -0.4 is 11.1 Å². The van der Waals surface area contributed by atoms with Gasteiger partial charge in [0.05, 0.1) is 0 Å². The molecule has 1 aliphatic rings. The summed E-state index contributed by atoms with van der Waals surface area (Å²) in [6, 6.07) is 6.90. The average molecular weight is 258 g/mol. The zero-order valence-electron chi connectivity index (χ0n) is 12.2. The minimum atomic E-state index is 0.280. The molecule has 0 spiro atoms. The van der Waals surface area contributed by atoms with Crippen LogP contribution in [0.3, 0.4) is 0 Å². The summed E-state index contributed by atoms with van der Waals surface area (Å²) in [4.78, 5) is 0. The van der Waals surface area contributed by atoms with Gasteiger partial charge in [-0.15, -0.1) is 0 Å². The van der Waals surface area contributed by atoms with Crippen LogP contribution in [-0.4, -0.2) is 13.1 Å². The minimum Gasteiger partial charge on any atom is -0.329 e. The third-order valence-corrected chi connectivity index (χ3v) is 4.01. The molecule has 0 fully saturated rings. The van der Waals surface area contributed by atoms with Gasteiger partial charge in [0.15, 0.2) is 0 Å². The van der Waals surface area contributed by atoms with Crippen molar-refractivity contribution in [1.29, 1.82) is 0 Å². The monoisotopic (exact) mass is 258 g/mol. The molecule has 1 atom stereocenters. The number of hydrogen-bond acceptors (Lipinski definition) is 2. The summed E-state index contributed by atoms with van der Waals surface area (Å²) in [5.74, 6) is 0. The van der Waals surface area contributed by atoms with Gasteiger partial charge in [-0.25, -0.2) is 0 Å². The summed E-state index contributed by atoms with van der Waals surface area (Å²) in [5.41, 5.74) is 11.5. The van der Waals surface area contributed by atoms with E-state index >= 15 is 0 Å². The van der Waals surface area contributed by atoms with E-state index in [9.17, 15) is 0 Å². The number of aryl methyl sites for hydroxylation is 2. The Morgan fingerprint density at radius 3 is 2.79 bits per heavy atom. The van der Waals surface area contributed by atoms with Gasteiger partial charge in [-0.2, -0.15) is 0 Å². The zero-order valence-corrected chi connectivity index (χ0v) is 12.2. The van der Waals surface area contributed by atoms with Gasteiger partial charge in [-0.05, 0) is 57.2 Å². The highest BCUT2D eigenvalue weighted by molar-refractivity contribution is 5.33. The molecule has 0 saturated carbocycles. The lowest BCUT2D eigenvalue weighted by atomic mass is 9.99. The van der Waals surface area contributed by atoms with Crippen LogP contribution in [0.2, 0.25) is 0 Å². The fourth-order valence-electron chi connectivity index (χ4n) is 2.91. The Kier molecular flexibility index (Phi) is 5.17. The van der Waals surface area contributed by atoms with E-state index in [1.807, 2.05) is 0 Å². The van der Waals surface area contributed by atoms with E-state index in [1.54, 1.807) is 5.57 Å². The third-order valence-electron chi connectivity index (χ3n) is 4.01. The summed E-state index contributed by atoms with van der Waals surface area (Å²) in [5, 5.41) is 3.61. The molecule has 1 aliphatic carbocycles. The summed E-state index contributed by atoms with van der Waals surface area (Å²) in [6.45, 7) is 5.99. The van der Waals surface area contributed by atoms with Crippen LogP contribution in [0.25, 0.3) is 0 Å². The predicted octanol–water partition coefficient (Wildman–Crippen LogP) is 3.39. The first kappa shape index (κ1) is 14.3. The van der Waals surface area contributed by atoms with Gasteiger partial charge in [0.1, 0.15) is 0 Å². The Hall–Kier alpha value is -1.12. The molecule has 0 saturated heterocycles. The lowest BCUT2D eigenvalue weighted by Crippen LogP contribution is -2.29. The molecular weight excluding hydrogens is 232 g/mol. The molecule has 0 bridgehead atoms. The zero-order chi connectivity index (χ0) is 13.7. The fourth-order valence-corrected chi connectivity index (χ4v) is 2.91. The number of allylic oxidation sites excluding steroid dienone is 1. The molecule has 2 rings (SSSR count). The number of nitrogens with two attached hydrogens (primary N) is 1. The Bertz CT molecular complexity index is 449. The first-order chi connectivity index (χ1) is 9.20. The second-order valence-electron chi connectivity index (χ2n) is 5.61. The molecule has 3 N–H and O–H groups in total. The standard InChI is InChI=1S/C17H26N2/c1-13-7-8-16(14(2)11-13)17(12-18)19-10-9-15-5-3-4-6-15/h5,7-8,11,17,19H,3-4,6,9-10,12,18H2,1-2H3. The normalized spacial score (nSPS) is 16.5. The topological polar surface area (TPSA) is 38.0 Å². The van der Waals surface area contributed by atoms with Crippen molar-refractivity contribution in [2.24, 2.45) is 5.73 Å². The molecule has 1 aromatic carbocycles. The number of benzene rings is 1. The molecule has 2 heteroatoms. The highest BCUT2D eigenvalue weighted by Crippen LogP contribution is 2.21. The maximum atomic E-state index is 5.93. The molecule has 1 unspecified atom stereocenters. The van der Waals surface area contributed by atoms with Crippen LogP contribution >= 0.6 is 0 Å². The Morgan fingerprint density at radius 2 is 2.16 bits per heavy atom. The van der Waals surface area contributed by atoms with Gasteiger partial charge in [0.2, 0.25) is 0 Å². The van der Waals surface area contributed by atoms with E-state index in [0.29, 0.717) is 6.54 Å². The summed E-state index contributed by atoms with van der Waals surface area (Å²) in [7, 11) is 0. The van der Waals surface area contributed by atoms with Crippen molar-refractivity contribution < 1.29 is 0 Å². The summed E-state index contributed by atoms with van der Waals surface area (Å²) >= 11 is 0. The van der Waals surface area contributed by atoms with Crippen LogP contribution in [0, 0.1) is 13.8 Å². The van der Waals surface area contributed by atoms with E-state index < -0.39 is 0 Å². The van der Waals surface area contributed by atoms with Gasteiger partial charge in [-0.3, -0.25) is 0 Å². The van der Waals surface area contributed by atoms with Gasteiger partial charge in [-0.1, -0.05) is 35.4 Å². The molecule has 0 amide bonds. The lowest BCUT2D eigenvalue weighted by molar-refractivity contribution is 0.540. The first-order valence-electron chi connectivity index (χ1n) is 7.39. The van der Waals surface area contributed by atoms with Crippen molar-refractivity contribution in [2.45, 2.75) is 45.6 Å². The molecule has 1 aromatic rings. The fraction of sp³-hybridized carbons (Fsp3) is 0.529. The van der Waals surface area contributed by atoms with Gasteiger partial charge in [0, 0.05) is 12.6 Å². The van der Waals surface area contributed by atoms with Crippen molar-refractivity contribution in [3.05, 3.63) is 46.5 Å². The van der Waals surface area contributed by atoms with Crippen LogP contribution in [0.1, 0.15) is 48.4 Å². The van der Waals surface area contributed by atoms with E-state index in [1.165, 1.54) is 42.4 Å². The molecular formula is C17H26N2.